The maximum absolute atomic E-state index is 4.39. The highest BCUT2D eigenvalue weighted by Gasteiger charge is 2.59. The Morgan fingerprint density at radius 2 is 1.90 bits per heavy atom. The summed E-state index contributed by atoms with van der Waals surface area (Å²) in [5.74, 6) is 0.969. The topological polar surface area (TPSA) is 24.9 Å². The van der Waals surface area contributed by atoms with Gasteiger partial charge in [0.1, 0.15) is 0 Å². The molecule has 2 unspecified atom stereocenters. The summed E-state index contributed by atoms with van der Waals surface area (Å²) in [7, 11) is 0. The number of nitrogens with one attached hydrogen (secondary N) is 1. The van der Waals surface area contributed by atoms with Crippen LogP contribution in [0.4, 0.5) is 0 Å². The van der Waals surface area contributed by atoms with Gasteiger partial charge in [-0.1, -0.05) is 13.8 Å². The van der Waals surface area contributed by atoms with E-state index in [9.17, 15) is 0 Å². The van der Waals surface area contributed by atoms with Gasteiger partial charge in [-0.15, -0.1) is 11.3 Å². The Labute approximate surface area is 126 Å². The number of thiazole rings is 1. The number of hydrogen-bond acceptors (Lipinski definition) is 3. The maximum atomic E-state index is 4.39. The second kappa shape index (κ2) is 4.07. The average molecular weight is 290 g/mol. The van der Waals surface area contributed by atoms with Gasteiger partial charge >= 0.3 is 0 Å². The fourth-order valence-corrected chi connectivity index (χ4v) is 7.14. The third kappa shape index (κ3) is 2.14. The lowest BCUT2D eigenvalue weighted by Crippen LogP contribution is -2.63. The van der Waals surface area contributed by atoms with Crippen molar-refractivity contribution in [3.05, 3.63) is 16.1 Å². The van der Waals surface area contributed by atoms with Gasteiger partial charge in [0, 0.05) is 23.2 Å². The molecule has 0 radical (unpaired) electrons. The van der Waals surface area contributed by atoms with Crippen molar-refractivity contribution in [1.29, 1.82) is 0 Å². The standard InChI is InChI=1S/C17H26N2S/c1-12-18-7-14(20-12)8-19-17-6-13-4-15(2,10-17)9-16(3,5-13)11-17/h7,13,19H,4-6,8-11H2,1-3H3. The van der Waals surface area contributed by atoms with E-state index in [0.29, 0.717) is 16.4 Å². The predicted molar refractivity (Wildman–Crippen MR) is 83.8 cm³/mol. The van der Waals surface area contributed by atoms with Crippen molar-refractivity contribution in [3.8, 4) is 0 Å². The first-order valence-electron chi connectivity index (χ1n) is 8.04. The Bertz CT molecular complexity index is 517. The minimum atomic E-state index is 0.417. The van der Waals surface area contributed by atoms with Crippen LogP contribution in [0.15, 0.2) is 6.20 Å². The van der Waals surface area contributed by atoms with Gasteiger partial charge in [-0.3, -0.25) is 0 Å². The molecule has 5 rings (SSSR count). The molecule has 1 N–H and O–H groups in total. The molecule has 4 saturated carbocycles. The van der Waals surface area contributed by atoms with E-state index in [0.717, 1.165) is 12.5 Å². The van der Waals surface area contributed by atoms with Gasteiger partial charge in [0.25, 0.3) is 0 Å². The van der Waals surface area contributed by atoms with Crippen LogP contribution in [0.25, 0.3) is 0 Å². The molecule has 110 valence electrons. The Kier molecular flexibility index (Phi) is 2.70. The van der Waals surface area contributed by atoms with E-state index in [1.54, 1.807) is 0 Å². The molecule has 2 atom stereocenters. The van der Waals surface area contributed by atoms with Crippen molar-refractivity contribution in [1.82, 2.24) is 10.3 Å². The number of rotatable bonds is 3. The van der Waals surface area contributed by atoms with Crippen molar-refractivity contribution in [2.45, 2.75) is 71.4 Å². The normalized spacial score (nSPS) is 46.0. The van der Waals surface area contributed by atoms with Gasteiger partial charge in [-0.2, -0.15) is 0 Å². The first-order chi connectivity index (χ1) is 9.38. The SMILES string of the molecule is Cc1ncc(CNC23CC4CC(C)(CC(C)(C4)C2)C3)s1. The van der Waals surface area contributed by atoms with Gasteiger partial charge in [0.05, 0.1) is 5.01 Å². The molecular weight excluding hydrogens is 264 g/mol. The van der Waals surface area contributed by atoms with E-state index in [-0.39, 0.29) is 0 Å². The molecule has 4 aliphatic carbocycles. The summed E-state index contributed by atoms with van der Waals surface area (Å²) >= 11 is 1.84. The highest BCUT2D eigenvalue weighted by Crippen LogP contribution is 2.66. The average Bonchev–Trinajstić information content (AvgIpc) is 2.68. The molecule has 3 heteroatoms. The third-order valence-electron chi connectivity index (χ3n) is 5.93. The van der Waals surface area contributed by atoms with E-state index in [1.165, 1.54) is 48.4 Å². The third-order valence-corrected chi connectivity index (χ3v) is 6.85. The summed E-state index contributed by atoms with van der Waals surface area (Å²) in [6.07, 6.45) is 10.7. The smallest absolute Gasteiger partial charge is 0.0897 e. The molecule has 1 aromatic rings. The summed E-state index contributed by atoms with van der Waals surface area (Å²) in [6.45, 7) is 8.21. The lowest BCUT2D eigenvalue weighted by atomic mass is 9.43. The molecule has 4 bridgehead atoms. The molecule has 1 aromatic heterocycles. The van der Waals surface area contributed by atoms with Crippen LogP contribution in [-0.4, -0.2) is 10.5 Å². The molecule has 4 aliphatic rings. The zero-order chi connectivity index (χ0) is 14.0. The van der Waals surface area contributed by atoms with Gasteiger partial charge < -0.3 is 5.32 Å². The lowest BCUT2D eigenvalue weighted by Gasteiger charge is -2.65. The first kappa shape index (κ1) is 13.3. The zero-order valence-corrected chi connectivity index (χ0v) is 13.8. The Hall–Kier alpha value is -0.410. The fourth-order valence-electron chi connectivity index (χ4n) is 6.41. The molecule has 0 amide bonds. The zero-order valence-electron chi connectivity index (χ0n) is 13.0. The van der Waals surface area contributed by atoms with Crippen LogP contribution in [0.3, 0.4) is 0 Å². The van der Waals surface area contributed by atoms with E-state index in [4.69, 9.17) is 0 Å². The fraction of sp³-hybridized carbons (Fsp3) is 0.824. The molecule has 4 fully saturated rings. The van der Waals surface area contributed by atoms with Crippen LogP contribution in [0.2, 0.25) is 0 Å². The predicted octanol–water partition coefficient (Wildman–Crippen LogP) is 4.29. The highest BCUT2D eigenvalue weighted by atomic mass is 32.1. The molecular formula is C17H26N2S. The monoisotopic (exact) mass is 290 g/mol. The summed E-state index contributed by atoms with van der Waals surface area (Å²) in [5, 5.41) is 5.16. The van der Waals surface area contributed by atoms with Crippen LogP contribution in [0, 0.1) is 23.7 Å². The second-order valence-corrected chi connectivity index (χ2v) is 9.93. The van der Waals surface area contributed by atoms with Crippen LogP contribution >= 0.6 is 11.3 Å². The van der Waals surface area contributed by atoms with Crippen molar-refractivity contribution in [3.63, 3.8) is 0 Å². The van der Waals surface area contributed by atoms with Crippen LogP contribution < -0.4 is 5.32 Å². The quantitative estimate of drug-likeness (QED) is 0.898. The van der Waals surface area contributed by atoms with Crippen molar-refractivity contribution in [2.24, 2.45) is 16.7 Å². The van der Waals surface area contributed by atoms with E-state index < -0.39 is 0 Å². The van der Waals surface area contributed by atoms with Crippen LogP contribution in [0.1, 0.15) is 62.3 Å². The molecule has 0 spiro atoms. The van der Waals surface area contributed by atoms with E-state index >= 15 is 0 Å². The highest BCUT2D eigenvalue weighted by molar-refractivity contribution is 7.11. The minimum Gasteiger partial charge on any atom is -0.306 e. The van der Waals surface area contributed by atoms with Gasteiger partial charge in [0.2, 0.25) is 0 Å². The second-order valence-electron chi connectivity index (χ2n) is 8.61. The maximum Gasteiger partial charge on any atom is 0.0897 e. The summed E-state index contributed by atoms with van der Waals surface area (Å²) in [6, 6.07) is 0. The Morgan fingerprint density at radius 1 is 1.20 bits per heavy atom. The van der Waals surface area contributed by atoms with Crippen LogP contribution in [0.5, 0.6) is 0 Å². The largest absolute Gasteiger partial charge is 0.306 e. The van der Waals surface area contributed by atoms with Crippen molar-refractivity contribution in [2.75, 3.05) is 0 Å². The number of aromatic nitrogens is 1. The van der Waals surface area contributed by atoms with Crippen molar-refractivity contribution >= 4 is 11.3 Å². The van der Waals surface area contributed by atoms with Gasteiger partial charge in [-0.05, 0) is 62.2 Å². The number of aryl methyl sites for hydroxylation is 1. The molecule has 0 saturated heterocycles. The number of nitrogens with zero attached hydrogens (tertiary/aromatic N) is 1. The molecule has 0 aliphatic heterocycles. The lowest BCUT2D eigenvalue weighted by molar-refractivity contribution is -0.118. The molecule has 1 heterocycles. The Balaban J connectivity index is 1.55. The summed E-state index contributed by atoms with van der Waals surface area (Å²) in [4.78, 5) is 5.78. The molecule has 20 heavy (non-hydrogen) atoms. The molecule has 0 aromatic carbocycles. The van der Waals surface area contributed by atoms with Gasteiger partial charge in [-0.25, -0.2) is 4.98 Å². The molecule has 2 nitrogen and oxygen atoms in total. The minimum absolute atomic E-state index is 0.417. The van der Waals surface area contributed by atoms with Gasteiger partial charge in [0.15, 0.2) is 0 Å². The summed E-state index contributed by atoms with van der Waals surface area (Å²) < 4.78 is 0. The van der Waals surface area contributed by atoms with Crippen LogP contribution in [-0.2, 0) is 6.54 Å². The van der Waals surface area contributed by atoms with E-state index in [2.05, 4.69) is 37.3 Å². The summed E-state index contributed by atoms with van der Waals surface area (Å²) in [5.41, 5.74) is 1.62. The first-order valence-corrected chi connectivity index (χ1v) is 8.86. The number of hydrogen-bond donors (Lipinski definition) is 1. The van der Waals surface area contributed by atoms with E-state index in [1.807, 2.05) is 11.3 Å². The Morgan fingerprint density at radius 3 is 2.45 bits per heavy atom. The van der Waals surface area contributed by atoms with Crippen molar-refractivity contribution < 1.29 is 0 Å².